The fraction of sp³-hybridized carbons (Fsp3) is 0.538. The summed E-state index contributed by atoms with van der Waals surface area (Å²) in [6, 6.07) is 5.61. The van der Waals surface area contributed by atoms with Gasteiger partial charge in [-0.25, -0.2) is 4.39 Å². The molecule has 1 aliphatic rings. The summed E-state index contributed by atoms with van der Waals surface area (Å²) >= 11 is 2.01. The molecule has 1 atom stereocenters. The lowest BCUT2D eigenvalue weighted by Crippen LogP contribution is -2.33. The molecule has 16 heavy (non-hydrogen) atoms. The Kier molecular flexibility index (Phi) is 4.24. The molecule has 2 rings (SSSR count). The lowest BCUT2D eigenvalue weighted by atomic mass is 10.1. The molecular weight excluding hydrogens is 221 g/mol. The van der Waals surface area contributed by atoms with Crippen molar-refractivity contribution in [3.8, 4) is 0 Å². The van der Waals surface area contributed by atoms with Crippen LogP contribution in [0.3, 0.4) is 0 Å². The van der Waals surface area contributed by atoms with Gasteiger partial charge in [0.25, 0.3) is 0 Å². The average molecular weight is 239 g/mol. The lowest BCUT2D eigenvalue weighted by molar-refractivity contribution is 0.505. The predicted molar refractivity (Wildman–Crippen MR) is 68.3 cm³/mol. The largest absolute Gasteiger partial charge is 0.309 e. The van der Waals surface area contributed by atoms with Gasteiger partial charge in [-0.2, -0.15) is 11.8 Å². The Bertz CT molecular complexity index is 348. The van der Waals surface area contributed by atoms with Crippen LogP contribution in [0.25, 0.3) is 0 Å². The van der Waals surface area contributed by atoms with Crippen molar-refractivity contribution >= 4 is 11.8 Å². The summed E-state index contributed by atoms with van der Waals surface area (Å²) in [5.74, 6) is 2.34. The van der Waals surface area contributed by atoms with Crippen molar-refractivity contribution in [1.29, 1.82) is 0 Å². The second kappa shape index (κ2) is 5.69. The maximum atomic E-state index is 13.1. The summed E-state index contributed by atoms with van der Waals surface area (Å²) in [7, 11) is 0. The second-order valence-electron chi connectivity index (χ2n) is 4.37. The highest BCUT2D eigenvalue weighted by Gasteiger charge is 2.13. The van der Waals surface area contributed by atoms with Crippen LogP contribution in [-0.4, -0.2) is 17.5 Å². The zero-order valence-electron chi connectivity index (χ0n) is 9.63. The highest BCUT2D eigenvalue weighted by Crippen LogP contribution is 2.18. The lowest BCUT2D eigenvalue weighted by Gasteiger charge is -2.23. The molecule has 3 heteroatoms. The van der Waals surface area contributed by atoms with Gasteiger partial charge in [0.15, 0.2) is 0 Å². The van der Waals surface area contributed by atoms with Gasteiger partial charge in [0.2, 0.25) is 0 Å². The highest BCUT2D eigenvalue weighted by atomic mass is 32.2. The quantitative estimate of drug-likeness (QED) is 0.869. The van der Waals surface area contributed by atoms with E-state index >= 15 is 0 Å². The van der Waals surface area contributed by atoms with Crippen molar-refractivity contribution in [2.45, 2.75) is 32.4 Å². The van der Waals surface area contributed by atoms with Gasteiger partial charge >= 0.3 is 0 Å². The van der Waals surface area contributed by atoms with E-state index in [1.54, 1.807) is 6.07 Å². The average Bonchev–Trinajstić information content (AvgIpc) is 2.32. The third-order valence-corrected chi connectivity index (χ3v) is 4.27. The molecule has 0 amide bonds. The van der Waals surface area contributed by atoms with E-state index in [9.17, 15) is 4.39 Å². The molecule has 0 bridgehead atoms. The van der Waals surface area contributed by atoms with E-state index in [4.69, 9.17) is 0 Å². The number of hydrogen-bond donors (Lipinski definition) is 1. The van der Waals surface area contributed by atoms with Crippen molar-refractivity contribution in [2.75, 3.05) is 11.5 Å². The van der Waals surface area contributed by atoms with Gasteiger partial charge < -0.3 is 5.32 Å². The fourth-order valence-corrected chi connectivity index (χ4v) is 3.09. The highest BCUT2D eigenvalue weighted by molar-refractivity contribution is 7.99. The van der Waals surface area contributed by atoms with Crippen LogP contribution in [0.4, 0.5) is 4.39 Å². The predicted octanol–water partition coefficient (Wildman–Crippen LogP) is 3.12. The topological polar surface area (TPSA) is 12.0 Å². The Morgan fingerprint density at radius 2 is 2.38 bits per heavy atom. The number of hydrogen-bond acceptors (Lipinski definition) is 2. The van der Waals surface area contributed by atoms with Crippen LogP contribution in [0.1, 0.15) is 24.0 Å². The van der Waals surface area contributed by atoms with Crippen LogP contribution in [0.15, 0.2) is 18.2 Å². The molecule has 0 spiro atoms. The SMILES string of the molecule is Cc1ccc(F)cc1CNC1CCCSC1. The Hall–Kier alpha value is -0.540. The Morgan fingerprint density at radius 3 is 3.12 bits per heavy atom. The van der Waals surface area contributed by atoms with E-state index in [-0.39, 0.29) is 5.82 Å². The number of rotatable bonds is 3. The zero-order valence-corrected chi connectivity index (χ0v) is 10.4. The van der Waals surface area contributed by atoms with Crippen molar-refractivity contribution in [1.82, 2.24) is 5.32 Å². The van der Waals surface area contributed by atoms with E-state index in [0.29, 0.717) is 6.04 Å². The number of halogens is 1. The molecule has 88 valence electrons. The minimum atomic E-state index is -0.139. The fourth-order valence-electron chi connectivity index (χ4n) is 1.99. The molecule has 1 aromatic carbocycles. The summed E-state index contributed by atoms with van der Waals surface area (Å²) in [5, 5.41) is 3.52. The first-order valence-corrected chi connectivity index (χ1v) is 6.97. The molecule has 1 aliphatic heterocycles. The first kappa shape index (κ1) is 11.9. The number of benzene rings is 1. The first-order valence-electron chi connectivity index (χ1n) is 5.82. The van der Waals surface area contributed by atoms with Crippen molar-refractivity contribution in [2.24, 2.45) is 0 Å². The Morgan fingerprint density at radius 1 is 1.50 bits per heavy atom. The van der Waals surface area contributed by atoms with Gasteiger partial charge in [0.1, 0.15) is 5.82 Å². The van der Waals surface area contributed by atoms with Crippen LogP contribution >= 0.6 is 11.8 Å². The number of nitrogens with one attached hydrogen (secondary N) is 1. The van der Waals surface area contributed by atoms with E-state index in [0.717, 1.165) is 17.7 Å². The molecule has 0 saturated carbocycles. The maximum Gasteiger partial charge on any atom is 0.123 e. The second-order valence-corrected chi connectivity index (χ2v) is 5.52. The molecule has 1 heterocycles. The molecule has 1 unspecified atom stereocenters. The van der Waals surface area contributed by atoms with Gasteiger partial charge in [-0.3, -0.25) is 0 Å². The van der Waals surface area contributed by atoms with Gasteiger partial charge in [-0.15, -0.1) is 0 Å². The molecule has 1 aromatic rings. The molecule has 1 fully saturated rings. The van der Waals surface area contributed by atoms with Crippen molar-refractivity contribution in [3.05, 3.63) is 35.1 Å². The normalized spacial score (nSPS) is 21.0. The molecule has 1 N–H and O–H groups in total. The van der Waals surface area contributed by atoms with E-state index in [1.165, 1.54) is 30.4 Å². The zero-order chi connectivity index (χ0) is 11.4. The Balaban J connectivity index is 1.90. The first-order chi connectivity index (χ1) is 7.75. The van der Waals surface area contributed by atoms with Crippen LogP contribution in [-0.2, 0) is 6.54 Å². The van der Waals surface area contributed by atoms with Gasteiger partial charge in [0.05, 0.1) is 0 Å². The molecule has 0 aliphatic carbocycles. The summed E-state index contributed by atoms with van der Waals surface area (Å²) in [5.41, 5.74) is 2.24. The van der Waals surface area contributed by atoms with E-state index in [2.05, 4.69) is 5.32 Å². The number of aryl methyl sites for hydroxylation is 1. The molecular formula is C13H18FNS. The van der Waals surface area contributed by atoms with Crippen LogP contribution in [0.2, 0.25) is 0 Å². The van der Waals surface area contributed by atoms with Crippen molar-refractivity contribution < 1.29 is 4.39 Å². The van der Waals surface area contributed by atoms with E-state index < -0.39 is 0 Å². The summed E-state index contributed by atoms with van der Waals surface area (Å²) in [6.45, 7) is 2.82. The van der Waals surface area contributed by atoms with Gasteiger partial charge in [-0.1, -0.05) is 6.07 Å². The minimum absolute atomic E-state index is 0.139. The van der Waals surface area contributed by atoms with Gasteiger partial charge in [-0.05, 0) is 48.8 Å². The van der Waals surface area contributed by atoms with E-state index in [1.807, 2.05) is 24.8 Å². The smallest absolute Gasteiger partial charge is 0.123 e. The van der Waals surface area contributed by atoms with Gasteiger partial charge in [0, 0.05) is 18.3 Å². The maximum absolute atomic E-state index is 13.1. The van der Waals surface area contributed by atoms with Crippen LogP contribution in [0.5, 0.6) is 0 Å². The number of thioether (sulfide) groups is 1. The van der Waals surface area contributed by atoms with Crippen LogP contribution < -0.4 is 5.32 Å². The monoisotopic (exact) mass is 239 g/mol. The standard InChI is InChI=1S/C13H18FNS/c1-10-4-5-12(14)7-11(10)8-15-13-3-2-6-16-9-13/h4-5,7,13,15H,2-3,6,8-9H2,1H3. The molecule has 0 aromatic heterocycles. The molecule has 1 nitrogen and oxygen atoms in total. The molecule has 1 saturated heterocycles. The van der Waals surface area contributed by atoms with Crippen molar-refractivity contribution in [3.63, 3.8) is 0 Å². The third-order valence-electron chi connectivity index (χ3n) is 3.05. The summed E-state index contributed by atoms with van der Waals surface area (Å²) in [6.07, 6.45) is 2.55. The third kappa shape index (κ3) is 3.22. The van der Waals surface area contributed by atoms with Crippen LogP contribution in [0, 0.1) is 12.7 Å². The summed E-state index contributed by atoms with van der Waals surface area (Å²) in [4.78, 5) is 0. The summed E-state index contributed by atoms with van der Waals surface area (Å²) < 4.78 is 13.1. The Labute approximate surface area is 101 Å². The minimum Gasteiger partial charge on any atom is -0.309 e. The molecule has 0 radical (unpaired) electrons.